The fourth-order valence-electron chi connectivity index (χ4n) is 3.01. The van der Waals surface area contributed by atoms with E-state index in [-0.39, 0.29) is 17.3 Å². The molecule has 1 saturated carbocycles. The molecule has 0 heterocycles. The fraction of sp³-hybridized carbons (Fsp3) is 0.933. The van der Waals surface area contributed by atoms with Crippen LogP contribution >= 0.6 is 0 Å². The molecule has 106 valence electrons. The summed E-state index contributed by atoms with van der Waals surface area (Å²) in [4.78, 5) is 12.1. The van der Waals surface area contributed by atoms with E-state index in [1.54, 1.807) is 0 Å². The third-order valence-electron chi connectivity index (χ3n) is 4.26. The first-order valence-corrected chi connectivity index (χ1v) is 7.11. The molecule has 0 aromatic carbocycles. The molecule has 0 saturated heterocycles. The predicted molar refractivity (Wildman–Crippen MR) is 72.2 cm³/mol. The summed E-state index contributed by atoms with van der Waals surface area (Å²) in [5, 5.41) is 10.8. The number of hydrogen-bond acceptors (Lipinski definition) is 3. The van der Waals surface area contributed by atoms with Crippen LogP contribution in [0.1, 0.15) is 60.3 Å². The highest BCUT2D eigenvalue weighted by Gasteiger charge is 2.47. The molecule has 1 atom stereocenters. The maximum absolute atomic E-state index is 12.1. The van der Waals surface area contributed by atoms with E-state index >= 15 is 0 Å². The van der Waals surface area contributed by atoms with Crippen LogP contribution in [0, 0.1) is 17.3 Å². The summed E-state index contributed by atoms with van der Waals surface area (Å²) in [6.45, 7) is 10.6. The molecule has 0 spiro atoms. The summed E-state index contributed by atoms with van der Waals surface area (Å²) in [5.74, 6) is -0.529. The first-order valence-electron chi connectivity index (χ1n) is 7.11. The average Bonchev–Trinajstić information content (AvgIpc) is 2.23. The SMILES string of the molecule is CCOC(=O)C(C(C)C)C1(O)CCC(C)(C)CC1. The highest BCUT2D eigenvalue weighted by Crippen LogP contribution is 2.45. The molecule has 1 unspecified atom stereocenters. The van der Waals surface area contributed by atoms with Crippen LogP contribution in [0.2, 0.25) is 0 Å². The molecule has 3 heteroatoms. The summed E-state index contributed by atoms with van der Waals surface area (Å²) < 4.78 is 5.14. The van der Waals surface area contributed by atoms with Crippen molar-refractivity contribution in [2.45, 2.75) is 65.9 Å². The number of carbonyl (C=O) groups is 1. The summed E-state index contributed by atoms with van der Waals surface area (Å²) in [7, 11) is 0. The van der Waals surface area contributed by atoms with Crippen LogP contribution in [-0.2, 0) is 9.53 Å². The number of carbonyl (C=O) groups excluding carboxylic acids is 1. The molecule has 3 nitrogen and oxygen atoms in total. The van der Waals surface area contributed by atoms with Gasteiger partial charge in [0.05, 0.1) is 18.1 Å². The van der Waals surface area contributed by atoms with Crippen LogP contribution in [0.25, 0.3) is 0 Å². The zero-order chi connectivity index (χ0) is 14.0. The van der Waals surface area contributed by atoms with Crippen molar-refractivity contribution in [3.8, 4) is 0 Å². The van der Waals surface area contributed by atoms with Crippen molar-refractivity contribution < 1.29 is 14.6 Å². The first-order chi connectivity index (χ1) is 8.22. The van der Waals surface area contributed by atoms with Gasteiger partial charge in [-0.3, -0.25) is 4.79 Å². The van der Waals surface area contributed by atoms with Crippen LogP contribution in [0.5, 0.6) is 0 Å². The van der Waals surface area contributed by atoms with Gasteiger partial charge in [-0.1, -0.05) is 27.7 Å². The van der Waals surface area contributed by atoms with Gasteiger partial charge in [-0.2, -0.15) is 0 Å². The van der Waals surface area contributed by atoms with Crippen molar-refractivity contribution in [1.29, 1.82) is 0 Å². The Morgan fingerprint density at radius 1 is 1.22 bits per heavy atom. The van der Waals surface area contributed by atoms with Crippen molar-refractivity contribution >= 4 is 5.97 Å². The Kier molecular flexibility index (Phi) is 4.82. The van der Waals surface area contributed by atoms with E-state index < -0.39 is 11.5 Å². The normalized spacial score (nSPS) is 23.7. The van der Waals surface area contributed by atoms with E-state index in [1.807, 2.05) is 20.8 Å². The molecule has 1 rings (SSSR count). The predicted octanol–water partition coefficient (Wildman–Crippen LogP) is 3.15. The molecule has 0 aliphatic heterocycles. The summed E-state index contributed by atoms with van der Waals surface area (Å²) in [6, 6.07) is 0. The molecular weight excluding hydrogens is 228 g/mol. The van der Waals surface area contributed by atoms with E-state index in [2.05, 4.69) is 13.8 Å². The molecule has 0 aromatic heterocycles. The first kappa shape index (κ1) is 15.5. The highest BCUT2D eigenvalue weighted by molar-refractivity contribution is 5.74. The van der Waals surface area contributed by atoms with Crippen LogP contribution in [0.3, 0.4) is 0 Å². The van der Waals surface area contributed by atoms with Gasteiger partial charge in [-0.15, -0.1) is 0 Å². The summed E-state index contributed by atoms with van der Waals surface area (Å²) in [6.07, 6.45) is 3.32. The van der Waals surface area contributed by atoms with Gasteiger partial charge in [-0.05, 0) is 43.9 Å². The lowest BCUT2D eigenvalue weighted by molar-refractivity contribution is -0.167. The lowest BCUT2D eigenvalue weighted by Gasteiger charge is -2.44. The standard InChI is InChI=1S/C15H28O3/c1-6-18-13(16)12(11(2)3)15(17)9-7-14(4,5)8-10-15/h11-12,17H,6-10H2,1-5H3. The quantitative estimate of drug-likeness (QED) is 0.786. The molecule has 1 aliphatic carbocycles. The number of rotatable bonds is 4. The Bertz CT molecular complexity index is 284. The molecule has 18 heavy (non-hydrogen) atoms. The van der Waals surface area contributed by atoms with Crippen LogP contribution < -0.4 is 0 Å². The lowest BCUT2D eigenvalue weighted by atomic mass is 9.64. The average molecular weight is 256 g/mol. The molecule has 0 aromatic rings. The smallest absolute Gasteiger partial charge is 0.312 e. The second-order valence-electron chi connectivity index (χ2n) is 6.74. The minimum absolute atomic E-state index is 0.107. The Labute approximate surface area is 111 Å². The lowest BCUT2D eigenvalue weighted by Crippen LogP contribution is -2.49. The second-order valence-corrected chi connectivity index (χ2v) is 6.74. The molecule has 0 radical (unpaired) electrons. The van der Waals surface area contributed by atoms with Gasteiger partial charge in [0.25, 0.3) is 0 Å². The Balaban J connectivity index is 2.83. The summed E-state index contributed by atoms with van der Waals surface area (Å²) >= 11 is 0. The molecular formula is C15H28O3. The second kappa shape index (κ2) is 5.60. The van der Waals surface area contributed by atoms with Crippen molar-refractivity contribution in [3.63, 3.8) is 0 Å². The maximum Gasteiger partial charge on any atom is 0.312 e. The third kappa shape index (κ3) is 3.47. The zero-order valence-electron chi connectivity index (χ0n) is 12.5. The minimum atomic E-state index is -0.879. The Hall–Kier alpha value is -0.570. The van der Waals surface area contributed by atoms with Gasteiger partial charge >= 0.3 is 5.97 Å². The van der Waals surface area contributed by atoms with E-state index in [4.69, 9.17) is 4.74 Å². The molecule has 1 fully saturated rings. The van der Waals surface area contributed by atoms with Gasteiger partial charge in [0.2, 0.25) is 0 Å². The van der Waals surface area contributed by atoms with Gasteiger partial charge < -0.3 is 9.84 Å². The van der Waals surface area contributed by atoms with Crippen molar-refractivity contribution in [3.05, 3.63) is 0 Å². The third-order valence-corrected chi connectivity index (χ3v) is 4.26. The Morgan fingerprint density at radius 3 is 2.11 bits per heavy atom. The van der Waals surface area contributed by atoms with Crippen LogP contribution in [-0.4, -0.2) is 23.3 Å². The van der Waals surface area contributed by atoms with Crippen LogP contribution in [0.4, 0.5) is 0 Å². The molecule has 0 bridgehead atoms. The number of ether oxygens (including phenoxy) is 1. The fourth-order valence-corrected chi connectivity index (χ4v) is 3.01. The van der Waals surface area contributed by atoms with Crippen LogP contribution in [0.15, 0.2) is 0 Å². The van der Waals surface area contributed by atoms with Gasteiger partial charge in [-0.25, -0.2) is 0 Å². The van der Waals surface area contributed by atoms with Crippen molar-refractivity contribution in [2.24, 2.45) is 17.3 Å². The topological polar surface area (TPSA) is 46.5 Å². The van der Waals surface area contributed by atoms with Gasteiger partial charge in [0.15, 0.2) is 0 Å². The molecule has 1 aliphatic rings. The number of aliphatic hydroxyl groups is 1. The van der Waals surface area contributed by atoms with Gasteiger partial charge in [0, 0.05) is 0 Å². The van der Waals surface area contributed by atoms with E-state index in [0.29, 0.717) is 19.4 Å². The molecule has 1 N–H and O–H groups in total. The number of esters is 1. The summed E-state index contributed by atoms with van der Waals surface area (Å²) in [5.41, 5.74) is -0.599. The highest BCUT2D eigenvalue weighted by atomic mass is 16.5. The molecule has 0 amide bonds. The van der Waals surface area contributed by atoms with E-state index in [1.165, 1.54) is 0 Å². The van der Waals surface area contributed by atoms with E-state index in [0.717, 1.165) is 12.8 Å². The zero-order valence-corrected chi connectivity index (χ0v) is 12.5. The van der Waals surface area contributed by atoms with Crippen molar-refractivity contribution in [2.75, 3.05) is 6.61 Å². The largest absolute Gasteiger partial charge is 0.466 e. The van der Waals surface area contributed by atoms with Crippen molar-refractivity contribution in [1.82, 2.24) is 0 Å². The number of hydrogen-bond donors (Lipinski definition) is 1. The minimum Gasteiger partial charge on any atom is -0.466 e. The van der Waals surface area contributed by atoms with Gasteiger partial charge in [0.1, 0.15) is 0 Å². The maximum atomic E-state index is 12.1. The Morgan fingerprint density at radius 2 is 1.72 bits per heavy atom. The monoisotopic (exact) mass is 256 g/mol. The van der Waals surface area contributed by atoms with E-state index in [9.17, 15) is 9.90 Å².